The summed E-state index contributed by atoms with van der Waals surface area (Å²) in [6.45, 7) is 8.77. The quantitative estimate of drug-likeness (QED) is 0.173. The topological polar surface area (TPSA) is 57.0 Å². The highest BCUT2D eigenvalue weighted by Gasteiger charge is 2.32. The van der Waals surface area contributed by atoms with Crippen LogP contribution in [0.3, 0.4) is 0 Å². The van der Waals surface area contributed by atoms with Gasteiger partial charge in [-0.2, -0.15) is 13.2 Å². The molecular weight excluding hydrogens is 672 g/mol. The number of benzene rings is 6. The Morgan fingerprint density at radius 2 is 1.26 bits per heavy atom. The average Bonchev–Trinajstić information content (AvgIpc) is 3.87. The van der Waals surface area contributed by atoms with Crippen molar-refractivity contribution in [2.24, 2.45) is 0 Å². The van der Waals surface area contributed by atoms with E-state index in [1.807, 2.05) is 72.8 Å². The van der Waals surface area contributed by atoms with E-state index in [-0.39, 0.29) is 17.4 Å². The van der Waals surface area contributed by atoms with E-state index in [0.717, 1.165) is 56.7 Å². The largest absolute Gasteiger partial charge is 0.455 e. The molecule has 0 unspecified atom stereocenters. The second kappa shape index (κ2) is 12.2. The van der Waals surface area contributed by atoms with E-state index in [9.17, 15) is 13.2 Å². The Hall–Kier alpha value is -6.15. The SMILES string of the molecule is CC(C)c1cc(-c2ccccc2)cc(C(C)C)c1-n1c(-c2cc3oc(-c4ccccc4)nc3c3c2oc2cc(C(F)(F)F)ccc23)nc2ccccc21. The number of furan rings is 1. The summed E-state index contributed by atoms with van der Waals surface area (Å²) in [6, 6.07) is 37.9. The first kappa shape index (κ1) is 32.7. The molecule has 0 fully saturated rings. The summed E-state index contributed by atoms with van der Waals surface area (Å²) in [4.78, 5) is 10.2. The number of aromatic nitrogens is 3. The number of oxazole rings is 1. The number of alkyl halides is 3. The van der Waals surface area contributed by atoms with Gasteiger partial charge < -0.3 is 8.83 Å². The number of para-hydroxylation sites is 2. The molecule has 0 saturated carbocycles. The second-order valence-electron chi connectivity index (χ2n) is 14.1. The van der Waals surface area contributed by atoms with Crippen LogP contribution in [-0.2, 0) is 6.18 Å². The second-order valence-corrected chi connectivity index (χ2v) is 14.1. The molecule has 0 spiro atoms. The first-order chi connectivity index (χ1) is 25.6. The molecule has 0 bridgehead atoms. The Morgan fingerprint density at radius 1 is 0.623 bits per heavy atom. The zero-order valence-electron chi connectivity index (χ0n) is 29.5. The van der Waals surface area contributed by atoms with Crippen molar-refractivity contribution in [2.75, 3.05) is 0 Å². The third-order valence-electron chi connectivity index (χ3n) is 9.99. The molecule has 0 N–H and O–H groups in total. The highest BCUT2D eigenvalue weighted by Crippen LogP contribution is 2.46. The van der Waals surface area contributed by atoms with Gasteiger partial charge in [-0.25, -0.2) is 9.97 Å². The predicted octanol–water partition coefficient (Wildman–Crippen LogP) is 13.3. The lowest BCUT2D eigenvalue weighted by molar-refractivity contribution is -0.137. The van der Waals surface area contributed by atoms with E-state index in [2.05, 4.69) is 62.6 Å². The molecule has 5 nitrogen and oxygen atoms in total. The Balaban J connectivity index is 1.41. The van der Waals surface area contributed by atoms with Crippen molar-refractivity contribution >= 4 is 44.1 Å². The van der Waals surface area contributed by atoms with Gasteiger partial charge in [0.05, 0.1) is 33.2 Å². The van der Waals surface area contributed by atoms with E-state index < -0.39 is 11.7 Å². The van der Waals surface area contributed by atoms with Gasteiger partial charge in [0.15, 0.2) is 5.58 Å². The summed E-state index contributed by atoms with van der Waals surface area (Å²) in [7, 11) is 0. The summed E-state index contributed by atoms with van der Waals surface area (Å²) < 4.78 is 57.1. The van der Waals surface area contributed by atoms with Crippen molar-refractivity contribution in [3.63, 3.8) is 0 Å². The van der Waals surface area contributed by atoms with Crippen LogP contribution in [0.2, 0.25) is 0 Å². The van der Waals surface area contributed by atoms with E-state index in [1.165, 1.54) is 6.07 Å². The standard InChI is InChI=1S/C45H34F3N3O2/c1-25(2)32-21-29(27-13-7-5-8-14-27)22-33(26(3)4)41(32)51-36-18-12-11-17-35(36)49-43(51)34-24-38-40(50-44(53-38)28-15-9-6-10-16-28)39-31-20-19-30(45(46,47)48)23-37(31)52-42(34)39/h5-26H,1-4H3. The number of hydrogen-bond acceptors (Lipinski definition) is 4. The molecule has 8 heteroatoms. The minimum atomic E-state index is -4.54. The fourth-order valence-corrected chi connectivity index (χ4v) is 7.42. The zero-order valence-corrected chi connectivity index (χ0v) is 29.5. The number of nitrogens with zero attached hydrogens (tertiary/aromatic N) is 3. The molecular formula is C45H34F3N3O2. The van der Waals surface area contributed by atoms with Gasteiger partial charge in [0.1, 0.15) is 22.5 Å². The zero-order chi connectivity index (χ0) is 36.6. The lowest BCUT2D eigenvalue weighted by Crippen LogP contribution is -2.09. The molecule has 0 aliphatic carbocycles. The fraction of sp³-hybridized carbons (Fsp3) is 0.156. The van der Waals surface area contributed by atoms with Gasteiger partial charge in [0, 0.05) is 10.9 Å². The van der Waals surface area contributed by atoms with Crippen molar-refractivity contribution in [2.45, 2.75) is 45.7 Å². The molecule has 3 aromatic heterocycles. The van der Waals surface area contributed by atoms with Crippen molar-refractivity contribution in [3.8, 4) is 39.7 Å². The highest BCUT2D eigenvalue weighted by atomic mass is 19.4. The van der Waals surface area contributed by atoms with Gasteiger partial charge in [-0.05, 0) is 94.8 Å². The van der Waals surface area contributed by atoms with Gasteiger partial charge >= 0.3 is 6.18 Å². The van der Waals surface area contributed by atoms with Crippen molar-refractivity contribution in [1.29, 1.82) is 0 Å². The number of fused-ring (bicyclic) bond motifs is 6. The Morgan fingerprint density at radius 3 is 1.92 bits per heavy atom. The maximum Gasteiger partial charge on any atom is 0.416 e. The van der Waals surface area contributed by atoms with Crippen molar-refractivity contribution < 1.29 is 22.0 Å². The third-order valence-corrected chi connectivity index (χ3v) is 9.99. The van der Waals surface area contributed by atoms with E-state index in [1.54, 1.807) is 0 Å². The van der Waals surface area contributed by atoms with Crippen molar-refractivity contribution in [1.82, 2.24) is 14.5 Å². The van der Waals surface area contributed by atoms with Crippen LogP contribution in [0.4, 0.5) is 13.2 Å². The molecule has 9 rings (SSSR count). The van der Waals surface area contributed by atoms with E-state index >= 15 is 0 Å². The Kier molecular flexibility index (Phi) is 7.55. The fourth-order valence-electron chi connectivity index (χ4n) is 7.42. The molecule has 6 aromatic carbocycles. The molecule has 0 atom stereocenters. The maximum atomic E-state index is 14.0. The summed E-state index contributed by atoms with van der Waals surface area (Å²) >= 11 is 0. The first-order valence-corrected chi connectivity index (χ1v) is 17.7. The molecule has 0 aliphatic heterocycles. The van der Waals surface area contributed by atoms with Crippen LogP contribution in [0.15, 0.2) is 130 Å². The molecule has 262 valence electrons. The van der Waals surface area contributed by atoms with Crippen LogP contribution < -0.4 is 0 Å². The highest BCUT2D eigenvalue weighted by molar-refractivity contribution is 6.20. The Bertz CT molecular complexity index is 2800. The number of hydrogen-bond donors (Lipinski definition) is 0. The van der Waals surface area contributed by atoms with Gasteiger partial charge in [-0.1, -0.05) is 88.4 Å². The van der Waals surface area contributed by atoms with Crippen LogP contribution in [0.5, 0.6) is 0 Å². The van der Waals surface area contributed by atoms with Crippen molar-refractivity contribution in [3.05, 3.63) is 138 Å². The molecule has 9 aromatic rings. The van der Waals surface area contributed by atoms with Gasteiger partial charge in [0.25, 0.3) is 0 Å². The molecule has 53 heavy (non-hydrogen) atoms. The van der Waals surface area contributed by atoms with E-state index in [4.69, 9.17) is 18.8 Å². The average molecular weight is 706 g/mol. The van der Waals surface area contributed by atoms with Crippen LogP contribution in [0, 0.1) is 0 Å². The number of rotatable bonds is 6. The molecule has 0 saturated heterocycles. The minimum absolute atomic E-state index is 0.105. The normalized spacial score (nSPS) is 12.4. The van der Waals surface area contributed by atoms with Gasteiger partial charge in [0.2, 0.25) is 5.89 Å². The van der Waals surface area contributed by atoms with Crippen LogP contribution in [0.1, 0.15) is 56.2 Å². The number of imidazole rings is 1. The summed E-state index contributed by atoms with van der Waals surface area (Å²) in [5.41, 5.74) is 9.25. The van der Waals surface area contributed by atoms with E-state index in [0.29, 0.717) is 44.7 Å². The molecule has 0 radical (unpaired) electrons. The molecule has 3 heterocycles. The minimum Gasteiger partial charge on any atom is -0.455 e. The third kappa shape index (κ3) is 5.39. The lowest BCUT2D eigenvalue weighted by atomic mass is 9.88. The molecule has 0 amide bonds. The predicted molar refractivity (Wildman–Crippen MR) is 205 cm³/mol. The maximum absolute atomic E-state index is 14.0. The number of halogens is 3. The monoisotopic (exact) mass is 705 g/mol. The van der Waals surface area contributed by atoms with Crippen LogP contribution >= 0.6 is 0 Å². The Labute approximate surface area is 303 Å². The van der Waals surface area contributed by atoms with Gasteiger partial charge in [-0.3, -0.25) is 4.57 Å². The molecule has 0 aliphatic rings. The first-order valence-electron chi connectivity index (χ1n) is 17.7. The van der Waals surface area contributed by atoms with Gasteiger partial charge in [-0.15, -0.1) is 0 Å². The summed E-state index contributed by atoms with van der Waals surface area (Å²) in [5, 5.41) is 1.08. The summed E-state index contributed by atoms with van der Waals surface area (Å²) in [5.74, 6) is 1.26. The van der Waals surface area contributed by atoms with Crippen LogP contribution in [0.25, 0.3) is 83.7 Å². The summed E-state index contributed by atoms with van der Waals surface area (Å²) in [6.07, 6.45) is -4.54. The van der Waals surface area contributed by atoms with Crippen LogP contribution in [-0.4, -0.2) is 14.5 Å². The smallest absolute Gasteiger partial charge is 0.416 e. The lowest BCUT2D eigenvalue weighted by Gasteiger charge is -2.24.